The summed E-state index contributed by atoms with van der Waals surface area (Å²) in [6.45, 7) is 8.38. The first-order valence-electron chi connectivity index (χ1n) is 29.4. The summed E-state index contributed by atoms with van der Waals surface area (Å²) in [6.07, 6.45) is 1.08. The van der Waals surface area contributed by atoms with Gasteiger partial charge in [-0.3, -0.25) is 0 Å². The third kappa shape index (κ3) is 13.4. The van der Waals surface area contributed by atoms with Crippen molar-refractivity contribution in [1.29, 1.82) is 0 Å². The molecule has 0 saturated carbocycles. The topological polar surface area (TPSA) is 28.3 Å². The van der Waals surface area contributed by atoms with Crippen molar-refractivity contribution in [3.05, 3.63) is 315 Å². The fourth-order valence-corrected chi connectivity index (χ4v) is 12.9. The molecule has 448 valence electrons. The lowest BCUT2D eigenvalue weighted by atomic mass is 9.78. The maximum absolute atomic E-state index is 6.33. The first kappa shape index (κ1) is 64.9. The Morgan fingerprint density at radius 1 is 0.344 bits per heavy atom. The molecule has 0 radical (unpaired) electrons. The van der Waals surface area contributed by atoms with Gasteiger partial charge in [-0.1, -0.05) is 260 Å². The van der Waals surface area contributed by atoms with E-state index in [0.717, 1.165) is 26.5 Å². The number of halogens is 3. The summed E-state index contributed by atoms with van der Waals surface area (Å²) in [5.74, 6) is 0. The van der Waals surface area contributed by atoms with Crippen molar-refractivity contribution >= 4 is 111 Å². The third-order valence-electron chi connectivity index (χ3n) is 17.0. The van der Waals surface area contributed by atoms with Gasteiger partial charge in [0.2, 0.25) is 0 Å². The number of hydrogen-bond donors (Lipinski definition) is 0. The van der Waals surface area contributed by atoms with Gasteiger partial charge in [0.15, 0.2) is 0 Å². The number of benzene rings is 12. The second-order valence-electron chi connectivity index (χ2n) is 23.1. The van der Waals surface area contributed by atoms with Crippen molar-refractivity contribution in [3.8, 4) is 55.9 Å². The SMILES string of the molecule is Brc1ccc2c(c1)-c1ccccc1C2.Brc1ccc2c(c1)c1ccccc1n2-c1ccc(-c2ccccc2)cc1.C.C.C.CC1(C)OB(c2ccc3c(c2)c2ccccc2n3-c2ccc(-c3ccccc3)cc2)OC1(C)C.Ic1ccc(-c2ccccc2)cc1. The number of aromatic nitrogens is 2. The molecule has 0 spiro atoms. The Balaban J connectivity index is 0.000000140. The number of hydrogen-bond acceptors (Lipinski definition) is 2. The van der Waals surface area contributed by atoms with E-state index in [1.54, 1.807) is 0 Å². The van der Waals surface area contributed by atoms with E-state index in [-0.39, 0.29) is 40.6 Å². The predicted octanol–water partition coefficient (Wildman–Crippen LogP) is 23.8. The summed E-state index contributed by atoms with van der Waals surface area (Å²) in [5, 5.41) is 4.97. The zero-order valence-electron chi connectivity index (χ0n) is 48.8. The highest BCUT2D eigenvalue weighted by atomic mass is 127. The molecule has 0 N–H and O–H groups in total. The summed E-state index contributed by atoms with van der Waals surface area (Å²) in [4.78, 5) is 0. The second-order valence-corrected chi connectivity index (χ2v) is 26.1. The molecule has 3 heterocycles. The van der Waals surface area contributed by atoms with Crippen LogP contribution in [0.4, 0.5) is 0 Å². The Bertz CT molecular complexity index is 4720. The zero-order valence-corrected chi connectivity index (χ0v) is 54.2. The smallest absolute Gasteiger partial charge is 0.399 e. The molecule has 2 aromatic heterocycles. The van der Waals surface area contributed by atoms with E-state index in [0.29, 0.717) is 0 Å². The first-order chi connectivity index (χ1) is 42.4. The van der Waals surface area contributed by atoms with Crippen LogP contribution in [-0.4, -0.2) is 27.5 Å². The lowest BCUT2D eigenvalue weighted by molar-refractivity contribution is 0.00578. The van der Waals surface area contributed by atoms with Gasteiger partial charge in [0.1, 0.15) is 0 Å². The number of fused-ring (bicyclic) bond motifs is 9. The largest absolute Gasteiger partial charge is 0.494 e. The fraction of sp³-hybridized carbons (Fsp3) is 0.122. The summed E-state index contributed by atoms with van der Waals surface area (Å²) in [5.41, 5.74) is 20.6. The molecule has 2 aliphatic rings. The van der Waals surface area contributed by atoms with Gasteiger partial charge in [0, 0.05) is 45.4 Å². The highest BCUT2D eigenvalue weighted by Gasteiger charge is 2.51. The summed E-state index contributed by atoms with van der Waals surface area (Å²) >= 11 is 9.44. The maximum atomic E-state index is 6.33. The molecule has 0 amide bonds. The van der Waals surface area contributed by atoms with Crippen molar-refractivity contribution in [3.63, 3.8) is 0 Å². The number of rotatable bonds is 6. The van der Waals surface area contributed by atoms with Gasteiger partial charge in [0.25, 0.3) is 0 Å². The normalized spacial score (nSPS) is 13.0. The zero-order chi connectivity index (χ0) is 59.7. The van der Waals surface area contributed by atoms with E-state index in [1.165, 1.54) is 109 Å². The summed E-state index contributed by atoms with van der Waals surface area (Å²) in [7, 11) is -0.373. The second kappa shape index (κ2) is 28.0. The Kier molecular flexibility index (Phi) is 20.2. The van der Waals surface area contributed by atoms with Crippen LogP contribution < -0.4 is 5.46 Å². The molecule has 4 nitrogen and oxygen atoms in total. The van der Waals surface area contributed by atoms with E-state index in [4.69, 9.17) is 9.31 Å². The monoisotopic (exact) mass is 1410 g/mol. The lowest BCUT2D eigenvalue weighted by Crippen LogP contribution is -2.41. The minimum absolute atomic E-state index is 0. The van der Waals surface area contributed by atoms with Crippen LogP contribution in [0.5, 0.6) is 0 Å². The quantitative estimate of drug-likeness (QED) is 0.123. The number of para-hydroxylation sites is 2. The molecule has 14 aromatic rings. The van der Waals surface area contributed by atoms with E-state index in [1.807, 2.05) is 18.2 Å². The van der Waals surface area contributed by atoms with E-state index >= 15 is 0 Å². The van der Waals surface area contributed by atoms with Crippen LogP contribution >= 0.6 is 54.5 Å². The van der Waals surface area contributed by atoms with Crippen LogP contribution in [0.1, 0.15) is 61.1 Å². The molecule has 1 saturated heterocycles. The Morgan fingerprint density at radius 3 is 1.21 bits per heavy atom. The Hall–Kier alpha value is -8.09. The van der Waals surface area contributed by atoms with Gasteiger partial charge in [-0.15, -0.1) is 0 Å². The van der Waals surface area contributed by atoms with Gasteiger partial charge < -0.3 is 18.4 Å². The average Bonchev–Trinajstić information content (AvgIpc) is 1.65. The van der Waals surface area contributed by atoms with E-state index < -0.39 is 0 Å². The first-order valence-corrected chi connectivity index (χ1v) is 32.1. The van der Waals surface area contributed by atoms with E-state index in [2.05, 4.69) is 364 Å². The highest BCUT2D eigenvalue weighted by Crippen LogP contribution is 2.40. The van der Waals surface area contributed by atoms with Crippen LogP contribution in [0.15, 0.2) is 300 Å². The predicted molar refractivity (Wildman–Crippen MR) is 403 cm³/mol. The summed E-state index contributed by atoms with van der Waals surface area (Å²) in [6, 6.07) is 103. The van der Waals surface area contributed by atoms with Gasteiger partial charge in [-0.2, -0.15) is 0 Å². The molecule has 0 unspecified atom stereocenters. The van der Waals surface area contributed by atoms with Crippen molar-refractivity contribution in [2.24, 2.45) is 0 Å². The lowest BCUT2D eigenvalue weighted by Gasteiger charge is -2.32. The van der Waals surface area contributed by atoms with Crippen molar-refractivity contribution < 1.29 is 9.31 Å². The van der Waals surface area contributed by atoms with Gasteiger partial charge in [-0.05, 0) is 203 Å². The molecule has 1 fully saturated rings. The standard InChI is InChI=1S/C30H28BNO2.C24H16BrN.C13H9Br.C12H9I.3CH4/c1-29(2)30(3,4)34-31(33-29)23-16-19-28-26(20-23)25-12-8-9-13-27(25)32(28)24-17-14-22(15-18-24)21-10-6-5-7-11-21;25-19-12-15-24-22(16-19)21-8-4-5-9-23(21)26(24)20-13-10-18(11-14-20)17-6-2-1-3-7-17;14-11-6-5-10-7-9-3-1-2-4-12(9)13(10)8-11;13-12-8-6-11(7-9-12)10-4-2-1-3-5-10;;;/h5-20H,1-4H3;1-16H;1-6,8H,7H2;1-9H;3*1H4. The van der Waals surface area contributed by atoms with Gasteiger partial charge >= 0.3 is 7.12 Å². The van der Waals surface area contributed by atoms with Crippen molar-refractivity contribution in [1.82, 2.24) is 9.13 Å². The Morgan fingerprint density at radius 2 is 0.711 bits per heavy atom. The van der Waals surface area contributed by atoms with Crippen LogP contribution in [0.3, 0.4) is 0 Å². The van der Waals surface area contributed by atoms with Gasteiger partial charge in [-0.25, -0.2) is 0 Å². The van der Waals surface area contributed by atoms with Crippen LogP contribution in [0, 0.1) is 3.57 Å². The van der Waals surface area contributed by atoms with Crippen LogP contribution in [-0.2, 0) is 15.7 Å². The average molecular weight is 1420 g/mol. The van der Waals surface area contributed by atoms with Crippen LogP contribution in [0.2, 0.25) is 0 Å². The number of nitrogens with zero attached hydrogens (tertiary/aromatic N) is 2. The molecule has 1 aliphatic carbocycles. The fourth-order valence-electron chi connectivity index (χ4n) is 11.9. The minimum atomic E-state index is -0.373. The highest BCUT2D eigenvalue weighted by molar-refractivity contribution is 14.1. The molecular weight excluding hydrogens is 1340 g/mol. The molecule has 8 heteroatoms. The van der Waals surface area contributed by atoms with Crippen molar-refractivity contribution in [2.75, 3.05) is 0 Å². The van der Waals surface area contributed by atoms with Crippen LogP contribution in [0.25, 0.3) is 99.5 Å². The molecule has 16 rings (SSSR count). The van der Waals surface area contributed by atoms with Crippen molar-refractivity contribution in [2.45, 2.75) is 67.6 Å². The molecular formula is C82H74BBr2IN2O2. The molecule has 1 aliphatic heterocycles. The summed E-state index contributed by atoms with van der Waals surface area (Å²) < 4.78 is 20.9. The molecule has 12 aromatic carbocycles. The minimum Gasteiger partial charge on any atom is -0.399 e. The Labute approximate surface area is 562 Å². The molecule has 90 heavy (non-hydrogen) atoms. The maximum Gasteiger partial charge on any atom is 0.494 e. The van der Waals surface area contributed by atoms with E-state index in [9.17, 15) is 0 Å². The van der Waals surface area contributed by atoms with Gasteiger partial charge in [0.05, 0.1) is 33.3 Å². The molecule has 0 bridgehead atoms. The molecule has 0 atom stereocenters. The third-order valence-corrected chi connectivity index (χ3v) is 18.7.